The van der Waals surface area contributed by atoms with Crippen molar-refractivity contribution in [3.05, 3.63) is 25.9 Å². The molecular weight excluding hydrogens is 331 g/mol. The molecule has 0 saturated carbocycles. The van der Waals surface area contributed by atoms with E-state index in [1.807, 2.05) is 6.92 Å². The molecule has 94 valence electrons. The van der Waals surface area contributed by atoms with Gasteiger partial charge in [0.25, 0.3) is 5.56 Å². The molecule has 0 atom stereocenters. The Kier molecular flexibility index (Phi) is 4.52. The Labute approximate surface area is 114 Å². The van der Waals surface area contributed by atoms with Gasteiger partial charge in [-0.25, -0.2) is 4.98 Å². The molecule has 0 radical (unpaired) electrons. The highest BCUT2D eigenvalue weighted by Crippen LogP contribution is 2.01. The average molecular weight is 348 g/mol. The topological polar surface area (TPSA) is 50.2 Å². The highest BCUT2D eigenvalue weighted by atomic mass is 127. The van der Waals surface area contributed by atoms with Gasteiger partial charge in [0.2, 0.25) is 0 Å². The van der Waals surface area contributed by atoms with E-state index in [0.29, 0.717) is 0 Å². The Hall–Kier alpha value is -0.470. The quantitative estimate of drug-likeness (QED) is 0.785. The minimum absolute atomic E-state index is 0.0771. The fraction of sp³-hybridized carbons (Fsp3) is 0.636. The molecular formula is C11H17IN4O. The lowest BCUT2D eigenvalue weighted by Gasteiger charge is -2.27. The molecule has 5 nitrogen and oxygen atoms in total. The summed E-state index contributed by atoms with van der Waals surface area (Å²) in [5.41, 5.74) is 0.891. The van der Waals surface area contributed by atoms with Crippen LogP contribution in [0.5, 0.6) is 0 Å². The molecule has 0 bridgehead atoms. The van der Waals surface area contributed by atoms with E-state index in [1.54, 1.807) is 10.9 Å². The van der Waals surface area contributed by atoms with Crippen molar-refractivity contribution in [2.75, 3.05) is 32.7 Å². The number of piperazine rings is 1. The maximum absolute atomic E-state index is 11.9. The summed E-state index contributed by atoms with van der Waals surface area (Å²) in [4.78, 5) is 18.5. The smallest absolute Gasteiger partial charge is 0.267 e. The normalized spacial score (nSPS) is 17.3. The Morgan fingerprint density at radius 2 is 2.12 bits per heavy atom. The van der Waals surface area contributed by atoms with Gasteiger partial charge in [0.15, 0.2) is 0 Å². The van der Waals surface area contributed by atoms with Crippen LogP contribution < -0.4 is 10.9 Å². The fourth-order valence-electron chi connectivity index (χ4n) is 1.89. The third-order valence-electron chi connectivity index (χ3n) is 3.02. The maximum Gasteiger partial charge on any atom is 0.267 e. The molecule has 2 heterocycles. The van der Waals surface area contributed by atoms with Gasteiger partial charge in [-0.1, -0.05) is 0 Å². The molecule has 1 aliphatic heterocycles. The van der Waals surface area contributed by atoms with E-state index in [4.69, 9.17) is 0 Å². The van der Waals surface area contributed by atoms with Crippen molar-refractivity contribution >= 4 is 22.6 Å². The van der Waals surface area contributed by atoms with Crippen molar-refractivity contribution < 1.29 is 0 Å². The van der Waals surface area contributed by atoms with Crippen LogP contribution in [-0.2, 0) is 6.54 Å². The van der Waals surface area contributed by atoms with Crippen LogP contribution in [-0.4, -0.2) is 47.2 Å². The molecule has 6 heteroatoms. The van der Waals surface area contributed by atoms with E-state index >= 15 is 0 Å². The summed E-state index contributed by atoms with van der Waals surface area (Å²) in [6.45, 7) is 7.71. The monoisotopic (exact) mass is 348 g/mol. The Bertz CT molecular complexity index is 440. The molecule has 1 saturated heterocycles. The molecule has 1 aromatic rings. The molecule has 0 amide bonds. The maximum atomic E-state index is 11.9. The van der Waals surface area contributed by atoms with Crippen LogP contribution in [0.3, 0.4) is 0 Å². The molecule has 0 unspecified atom stereocenters. The second-order valence-electron chi connectivity index (χ2n) is 4.23. The minimum Gasteiger partial charge on any atom is -0.314 e. The number of hydrogen-bond acceptors (Lipinski definition) is 4. The minimum atomic E-state index is 0.0771. The van der Waals surface area contributed by atoms with E-state index in [0.717, 1.165) is 48.5 Å². The van der Waals surface area contributed by atoms with Gasteiger partial charge in [0.1, 0.15) is 0 Å². The second kappa shape index (κ2) is 5.92. The van der Waals surface area contributed by atoms with Crippen LogP contribution >= 0.6 is 22.6 Å². The lowest BCUT2D eigenvalue weighted by atomic mass is 10.3. The van der Waals surface area contributed by atoms with Gasteiger partial charge in [-0.2, -0.15) is 0 Å². The summed E-state index contributed by atoms with van der Waals surface area (Å²) >= 11 is 2.07. The van der Waals surface area contributed by atoms with Crippen LogP contribution in [0.25, 0.3) is 0 Å². The molecule has 0 spiro atoms. The molecule has 1 N–H and O–H groups in total. The van der Waals surface area contributed by atoms with Gasteiger partial charge in [-0.3, -0.25) is 14.3 Å². The number of nitrogens with zero attached hydrogens (tertiary/aromatic N) is 3. The zero-order chi connectivity index (χ0) is 12.3. The fourth-order valence-corrected chi connectivity index (χ4v) is 2.34. The molecule has 17 heavy (non-hydrogen) atoms. The molecule has 1 aromatic heterocycles. The number of nitrogens with one attached hydrogen (secondary N) is 1. The van der Waals surface area contributed by atoms with E-state index in [2.05, 4.69) is 37.8 Å². The predicted octanol–water partition coefficient (Wildman–Crippen LogP) is 0.0615. The Morgan fingerprint density at radius 3 is 2.82 bits per heavy atom. The number of aromatic nitrogens is 2. The highest BCUT2D eigenvalue weighted by molar-refractivity contribution is 14.1. The van der Waals surface area contributed by atoms with Crippen LogP contribution in [0.15, 0.2) is 11.1 Å². The van der Waals surface area contributed by atoms with Crippen molar-refractivity contribution in [1.29, 1.82) is 0 Å². The SMILES string of the molecule is Cc1ncn(CCN2CCNCC2)c(=O)c1I. The van der Waals surface area contributed by atoms with Crippen LogP contribution in [0.1, 0.15) is 5.69 Å². The van der Waals surface area contributed by atoms with Gasteiger partial charge in [-0.05, 0) is 29.5 Å². The molecule has 0 aliphatic carbocycles. The molecule has 1 aliphatic rings. The zero-order valence-corrected chi connectivity index (χ0v) is 12.1. The summed E-state index contributed by atoms with van der Waals surface area (Å²) in [6.07, 6.45) is 1.65. The molecule has 1 fully saturated rings. The van der Waals surface area contributed by atoms with Crippen molar-refractivity contribution in [2.24, 2.45) is 0 Å². The number of halogens is 1. The first kappa shape index (κ1) is 13.0. The Balaban J connectivity index is 1.99. The van der Waals surface area contributed by atoms with Gasteiger partial charge in [-0.15, -0.1) is 0 Å². The molecule has 0 aromatic carbocycles. The average Bonchev–Trinajstić information content (AvgIpc) is 2.36. The van der Waals surface area contributed by atoms with Gasteiger partial charge >= 0.3 is 0 Å². The van der Waals surface area contributed by atoms with Crippen molar-refractivity contribution in [3.8, 4) is 0 Å². The van der Waals surface area contributed by atoms with Crippen LogP contribution in [0.2, 0.25) is 0 Å². The zero-order valence-electron chi connectivity index (χ0n) is 9.95. The largest absolute Gasteiger partial charge is 0.314 e. The van der Waals surface area contributed by atoms with Crippen molar-refractivity contribution in [1.82, 2.24) is 19.8 Å². The summed E-state index contributed by atoms with van der Waals surface area (Å²) in [5.74, 6) is 0. The lowest BCUT2D eigenvalue weighted by Crippen LogP contribution is -2.45. The first-order valence-corrected chi connectivity index (χ1v) is 6.91. The lowest BCUT2D eigenvalue weighted by molar-refractivity contribution is 0.231. The van der Waals surface area contributed by atoms with Gasteiger partial charge in [0, 0.05) is 39.3 Å². The summed E-state index contributed by atoms with van der Waals surface area (Å²) in [6, 6.07) is 0. The predicted molar refractivity (Wildman–Crippen MR) is 75.3 cm³/mol. The third kappa shape index (κ3) is 3.26. The van der Waals surface area contributed by atoms with E-state index < -0.39 is 0 Å². The summed E-state index contributed by atoms with van der Waals surface area (Å²) < 4.78 is 2.43. The first-order chi connectivity index (χ1) is 8.18. The number of rotatable bonds is 3. The van der Waals surface area contributed by atoms with Gasteiger partial charge < -0.3 is 5.32 Å². The second-order valence-corrected chi connectivity index (χ2v) is 5.31. The third-order valence-corrected chi connectivity index (χ3v) is 4.27. The van der Waals surface area contributed by atoms with E-state index in [9.17, 15) is 4.79 Å². The van der Waals surface area contributed by atoms with E-state index in [1.165, 1.54) is 0 Å². The number of aryl methyl sites for hydroxylation is 1. The van der Waals surface area contributed by atoms with Gasteiger partial charge in [0.05, 0.1) is 15.6 Å². The number of hydrogen-bond donors (Lipinski definition) is 1. The van der Waals surface area contributed by atoms with Crippen LogP contribution in [0.4, 0.5) is 0 Å². The van der Waals surface area contributed by atoms with Crippen molar-refractivity contribution in [2.45, 2.75) is 13.5 Å². The molecule has 2 rings (SSSR count). The first-order valence-electron chi connectivity index (χ1n) is 5.83. The standard InChI is InChI=1S/C11H17IN4O/c1-9-10(12)11(17)16(8-14-9)7-6-15-4-2-13-3-5-15/h8,13H,2-7H2,1H3. The van der Waals surface area contributed by atoms with Crippen molar-refractivity contribution in [3.63, 3.8) is 0 Å². The summed E-state index contributed by atoms with van der Waals surface area (Å²) in [5, 5.41) is 3.32. The summed E-state index contributed by atoms with van der Waals surface area (Å²) in [7, 11) is 0. The van der Waals surface area contributed by atoms with Crippen LogP contribution in [0, 0.1) is 10.5 Å². The highest BCUT2D eigenvalue weighted by Gasteiger charge is 2.10. The van der Waals surface area contributed by atoms with E-state index in [-0.39, 0.29) is 5.56 Å². The Morgan fingerprint density at radius 1 is 1.41 bits per heavy atom.